The van der Waals surface area contributed by atoms with Gasteiger partial charge >= 0.3 is 0 Å². The number of sulfone groups is 1. The van der Waals surface area contributed by atoms with E-state index in [-0.39, 0.29) is 10.9 Å². The normalized spacial score (nSPS) is 19.6. The summed E-state index contributed by atoms with van der Waals surface area (Å²) >= 11 is 6.20. The summed E-state index contributed by atoms with van der Waals surface area (Å²) in [5.74, 6) is 0. The zero-order valence-electron chi connectivity index (χ0n) is 18.6. The minimum absolute atomic E-state index is 0.105. The Hall–Kier alpha value is -0.950. The molecule has 1 fully saturated rings. The van der Waals surface area contributed by atoms with Crippen LogP contribution in [0.5, 0.6) is 0 Å². The van der Waals surface area contributed by atoms with Crippen molar-refractivity contribution in [3.05, 3.63) is 28.8 Å². The van der Waals surface area contributed by atoms with E-state index in [0.717, 1.165) is 70.1 Å². The van der Waals surface area contributed by atoms with Gasteiger partial charge in [0.15, 0.2) is 9.84 Å². The van der Waals surface area contributed by atoms with Crippen LogP contribution >= 0.6 is 11.6 Å². The summed E-state index contributed by atoms with van der Waals surface area (Å²) in [4.78, 5) is 16.4. The lowest BCUT2D eigenvalue weighted by Gasteiger charge is -2.29. The minimum Gasteiger partial charge on any atom is -0.302 e. The van der Waals surface area contributed by atoms with Gasteiger partial charge in [0.25, 0.3) is 0 Å². The van der Waals surface area contributed by atoms with Gasteiger partial charge in [-0.05, 0) is 82.9 Å². The van der Waals surface area contributed by atoms with E-state index in [2.05, 4.69) is 23.6 Å². The average Bonchev–Trinajstić information content (AvgIpc) is 2.91. The molecule has 1 heterocycles. The molecule has 0 saturated carbocycles. The van der Waals surface area contributed by atoms with Crippen LogP contribution in [0.25, 0.3) is 0 Å². The van der Waals surface area contributed by atoms with E-state index >= 15 is 0 Å². The summed E-state index contributed by atoms with van der Waals surface area (Å²) in [7, 11) is -3.30. The Kier molecular flexibility index (Phi) is 10.3. The Labute approximate surface area is 187 Å². The molecule has 0 N–H and O–H groups in total. The van der Waals surface area contributed by atoms with Crippen molar-refractivity contribution in [1.29, 1.82) is 0 Å². The first kappa shape index (κ1) is 25.3. The van der Waals surface area contributed by atoms with Crippen LogP contribution in [0.15, 0.2) is 23.1 Å². The Morgan fingerprint density at radius 2 is 2.03 bits per heavy atom. The predicted molar refractivity (Wildman–Crippen MR) is 124 cm³/mol. The third kappa shape index (κ3) is 7.63. The summed E-state index contributed by atoms with van der Waals surface area (Å²) in [5, 5.41) is 0.299. The number of carbonyl (C=O) groups is 1. The number of aldehydes is 1. The maximum atomic E-state index is 11.7. The highest BCUT2D eigenvalue weighted by molar-refractivity contribution is 7.90. The summed E-state index contributed by atoms with van der Waals surface area (Å²) in [6.45, 7) is 8.41. The summed E-state index contributed by atoms with van der Waals surface area (Å²) in [6, 6.07) is 5.71. The van der Waals surface area contributed by atoms with Gasteiger partial charge in [-0.2, -0.15) is 0 Å². The van der Waals surface area contributed by atoms with Crippen LogP contribution in [0.2, 0.25) is 5.02 Å². The number of unbranched alkanes of at least 4 members (excludes halogenated alkanes) is 1. The number of likely N-dealkylation sites (tertiary alicyclic amines) is 1. The molecule has 1 aliphatic heterocycles. The van der Waals surface area contributed by atoms with Gasteiger partial charge in [-0.25, -0.2) is 8.42 Å². The van der Waals surface area contributed by atoms with E-state index in [4.69, 9.17) is 11.6 Å². The van der Waals surface area contributed by atoms with E-state index < -0.39 is 9.84 Å². The molecule has 1 aliphatic rings. The van der Waals surface area contributed by atoms with Crippen LogP contribution in [-0.2, 0) is 21.1 Å². The molecule has 30 heavy (non-hydrogen) atoms. The molecule has 2 unspecified atom stereocenters. The second-order valence-electron chi connectivity index (χ2n) is 8.51. The monoisotopic (exact) mass is 456 g/mol. The lowest BCUT2D eigenvalue weighted by molar-refractivity contribution is -0.112. The Morgan fingerprint density at radius 3 is 2.67 bits per heavy atom. The standard InChI is InChI=1S/C23H37ClN2O3S/c1-4-25(13-8-9-15-26-14-7-5-6-10-21(26)18-27)19(2)16-20-11-12-23(22(24)17-20)30(3,28)29/h11-12,17-19,21H,4-10,13-16H2,1-3H3. The molecule has 2 rings (SSSR count). The van der Waals surface area contributed by atoms with Crippen LogP contribution < -0.4 is 0 Å². The zero-order valence-corrected chi connectivity index (χ0v) is 20.2. The van der Waals surface area contributed by atoms with Gasteiger partial charge in [-0.1, -0.05) is 37.4 Å². The first-order valence-electron chi connectivity index (χ1n) is 11.2. The van der Waals surface area contributed by atoms with Crippen molar-refractivity contribution in [1.82, 2.24) is 9.80 Å². The van der Waals surface area contributed by atoms with Crippen molar-refractivity contribution in [3.8, 4) is 0 Å². The Bertz CT molecular complexity index is 785. The second-order valence-corrected chi connectivity index (χ2v) is 10.9. The number of benzene rings is 1. The molecule has 0 radical (unpaired) electrons. The summed E-state index contributed by atoms with van der Waals surface area (Å²) < 4.78 is 23.5. The smallest absolute Gasteiger partial charge is 0.176 e. The highest BCUT2D eigenvalue weighted by Gasteiger charge is 2.20. The second kappa shape index (κ2) is 12.2. The van der Waals surface area contributed by atoms with E-state index in [9.17, 15) is 13.2 Å². The molecule has 1 saturated heterocycles. The van der Waals surface area contributed by atoms with Crippen LogP contribution in [0.3, 0.4) is 0 Å². The highest BCUT2D eigenvalue weighted by Crippen LogP contribution is 2.24. The third-order valence-electron chi connectivity index (χ3n) is 6.17. The fourth-order valence-corrected chi connectivity index (χ4v) is 5.74. The number of carbonyl (C=O) groups excluding carboxylic acids is 1. The van der Waals surface area contributed by atoms with E-state index in [0.29, 0.717) is 11.1 Å². The fraction of sp³-hybridized carbons (Fsp3) is 0.696. The Balaban J connectivity index is 1.84. The number of halogens is 1. The number of nitrogens with zero attached hydrogens (tertiary/aromatic N) is 2. The first-order valence-corrected chi connectivity index (χ1v) is 13.4. The van der Waals surface area contributed by atoms with Crippen LogP contribution in [0.4, 0.5) is 0 Å². The molecular weight excluding hydrogens is 420 g/mol. The van der Waals surface area contributed by atoms with Gasteiger partial charge in [-0.3, -0.25) is 4.90 Å². The number of rotatable bonds is 11. The Morgan fingerprint density at radius 1 is 1.27 bits per heavy atom. The van der Waals surface area contributed by atoms with E-state index in [1.807, 2.05) is 6.07 Å². The van der Waals surface area contributed by atoms with Crippen LogP contribution in [-0.4, -0.2) is 69.0 Å². The SMILES string of the molecule is CCN(CCCCN1CCCCCC1C=O)C(C)Cc1ccc(S(C)(=O)=O)c(Cl)c1. The average molecular weight is 457 g/mol. The number of hydrogen-bond acceptors (Lipinski definition) is 5. The lowest BCUT2D eigenvalue weighted by atomic mass is 10.1. The molecule has 170 valence electrons. The van der Waals surface area contributed by atoms with Crippen molar-refractivity contribution in [2.75, 3.05) is 32.4 Å². The van der Waals surface area contributed by atoms with Gasteiger partial charge in [0.1, 0.15) is 6.29 Å². The van der Waals surface area contributed by atoms with Crippen molar-refractivity contribution < 1.29 is 13.2 Å². The van der Waals surface area contributed by atoms with E-state index in [1.165, 1.54) is 19.1 Å². The molecule has 0 spiro atoms. The van der Waals surface area contributed by atoms with Crippen LogP contribution in [0, 0.1) is 0 Å². The quantitative estimate of drug-likeness (QED) is 0.368. The molecule has 2 atom stereocenters. The largest absolute Gasteiger partial charge is 0.302 e. The van der Waals surface area contributed by atoms with Crippen molar-refractivity contribution in [2.45, 2.75) is 75.8 Å². The maximum absolute atomic E-state index is 11.7. The molecule has 0 aromatic heterocycles. The topological polar surface area (TPSA) is 57.7 Å². The summed E-state index contributed by atoms with van der Waals surface area (Å²) in [5.41, 5.74) is 1.05. The van der Waals surface area contributed by atoms with E-state index in [1.54, 1.807) is 12.1 Å². The predicted octanol–water partition coefficient (Wildman–Crippen LogP) is 4.22. The number of likely N-dealkylation sites (N-methyl/N-ethyl adjacent to an activating group) is 1. The van der Waals surface area contributed by atoms with Gasteiger partial charge in [0, 0.05) is 12.3 Å². The first-order chi connectivity index (χ1) is 14.3. The molecular formula is C23H37ClN2O3S. The van der Waals surface area contributed by atoms with Gasteiger partial charge in [0.2, 0.25) is 0 Å². The number of hydrogen-bond donors (Lipinski definition) is 0. The van der Waals surface area contributed by atoms with Crippen molar-refractivity contribution >= 4 is 27.7 Å². The highest BCUT2D eigenvalue weighted by atomic mass is 35.5. The molecule has 0 bridgehead atoms. The molecule has 5 nitrogen and oxygen atoms in total. The fourth-order valence-electron chi connectivity index (χ4n) is 4.39. The molecule has 0 amide bonds. The minimum atomic E-state index is -3.30. The molecule has 0 aliphatic carbocycles. The van der Waals surface area contributed by atoms with Gasteiger partial charge in [0.05, 0.1) is 16.0 Å². The van der Waals surface area contributed by atoms with Gasteiger partial charge in [-0.15, -0.1) is 0 Å². The third-order valence-corrected chi connectivity index (χ3v) is 7.75. The molecule has 7 heteroatoms. The van der Waals surface area contributed by atoms with Gasteiger partial charge < -0.3 is 9.69 Å². The van der Waals surface area contributed by atoms with Crippen molar-refractivity contribution in [3.63, 3.8) is 0 Å². The van der Waals surface area contributed by atoms with Crippen molar-refractivity contribution in [2.24, 2.45) is 0 Å². The molecule has 1 aromatic carbocycles. The maximum Gasteiger partial charge on any atom is 0.176 e. The van der Waals surface area contributed by atoms with Crippen LogP contribution in [0.1, 0.15) is 57.9 Å². The zero-order chi connectivity index (χ0) is 22.1. The summed E-state index contributed by atoms with van der Waals surface area (Å²) in [6.07, 6.45) is 9.94. The molecule has 1 aromatic rings. The lowest BCUT2D eigenvalue weighted by Crippen LogP contribution is -2.38.